The van der Waals surface area contributed by atoms with Gasteiger partial charge in [0.15, 0.2) is 0 Å². The van der Waals surface area contributed by atoms with Gasteiger partial charge in [0.1, 0.15) is 5.82 Å². The van der Waals surface area contributed by atoms with Crippen molar-refractivity contribution in [3.8, 4) is 0 Å². The van der Waals surface area contributed by atoms with E-state index in [-0.39, 0.29) is 0 Å². The third kappa shape index (κ3) is 3.51. The molecule has 0 unspecified atom stereocenters. The number of anilines is 1. The van der Waals surface area contributed by atoms with Gasteiger partial charge in [-0.3, -0.25) is 4.72 Å². The Morgan fingerprint density at radius 2 is 2.00 bits per heavy atom. The molecule has 0 aromatic heterocycles. The molecule has 0 saturated carbocycles. The second-order valence-corrected chi connectivity index (χ2v) is 6.83. The zero-order valence-electron chi connectivity index (χ0n) is 11.5. The highest BCUT2D eigenvalue weighted by molar-refractivity contribution is 7.90. The fourth-order valence-corrected chi connectivity index (χ4v) is 3.51. The molecule has 1 heterocycles. The maximum absolute atomic E-state index is 13.8. The van der Waals surface area contributed by atoms with Crippen LogP contribution in [0.2, 0.25) is 0 Å². The molecule has 0 radical (unpaired) electrons. The van der Waals surface area contributed by atoms with E-state index in [0.717, 1.165) is 25.0 Å². The lowest BCUT2D eigenvalue weighted by Gasteiger charge is -2.29. The van der Waals surface area contributed by atoms with Crippen LogP contribution in [-0.2, 0) is 10.2 Å². The first-order chi connectivity index (χ1) is 9.81. The summed E-state index contributed by atoms with van der Waals surface area (Å²) in [7, 11) is -3.96. The number of piperidine rings is 1. The second kappa shape index (κ2) is 5.98. The Balaban J connectivity index is 2.27. The zero-order chi connectivity index (χ0) is 15.6. The molecule has 0 spiro atoms. The van der Waals surface area contributed by atoms with Gasteiger partial charge in [-0.05, 0) is 30.9 Å². The molecule has 0 amide bonds. The molecule has 1 fully saturated rings. The van der Waals surface area contributed by atoms with Crippen molar-refractivity contribution in [2.75, 3.05) is 17.8 Å². The average molecular weight is 316 g/mol. The van der Waals surface area contributed by atoms with Crippen LogP contribution in [0.25, 0.3) is 0 Å². The monoisotopic (exact) mass is 316 g/mol. The molecular weight excluding hydrogens is 299 g/mol. The maximum Gasteiger partial charge on any atom is 0.337 e. The van der Waals surface area contributed by atoms with Crippen molar-refractivity contribution in [3.05, 3.63) is 29.6 Å². The minimum Gasteiger partial charge on any atom is -0.478 e. The van der Waals surface area contributed by atoms with Gasteiger partial charge < -0.3 is 5.11 Å². The number of rotatable bonds is 4. The third-order valence-corrected chi connectivity index (χ3v) is 5.06. The first-order valence-electron chi connectivity index (χ1n) is 6.61. The minimum absolute atomic E-state index is 0.341. The Morgan fingerprint density at radius 1 is 1.38 bits per heavy atom. The Bertz CT molecular complexity index is 640. The summed E-state index contributed by atoms with van der Waals surface area (Å²) in [4.78, 5) is 11.1. The van der Waals surface area contributed by atoms with Gasteiger partial charge in [0.25, 0.3) is 0 Å². The standard InChI is InChI=1S/C13H17FN2O4S/c1-9-5-7-16(8-6-9)21(19,20)15-12-10(13(17)18)3-2-4-11(12)14/h2-4,9,15H,5-8H2,1H3,(H,17,18). The molecule has 0 atom stereocenters. The van der Waals surface area contributed by atoms with Gasteiger partial charge in [-0.15, -0.1) is 0 Å². The van der Waals surface area contributed by atoms with Crippen molar-refractivity contribution in [2.45, 2.75) is 19.8 Å². The summed E-state index contributed by atoms with van der Waals surface area (Å²) in [5.41, 5.74) is -0.937. The predicted molar refractivity (Wildman–Crippen MR) is 75.9 cm³/mol. The Morgan fingerprint density at radius 3 is 2.57 bits per heavy atom. The number of carbonyl (C=O) groups is 1. The van der Waals surface area contributed by atoms with Crippen molar-refractivity contribution < 1.29 is 22.7 Å². The van der Waals surface area contributed by atoms with E-state index in [4.69, 9.17) is 5.11 Å². The SMILES string of the molecule is CC1CCN(S(=O)(=O)Nc2c(F)cccc2C(=O)O)CC1. The van der Waals surface area contributed by atoms with Gasteiger partial charge in [-0.2, -0.15) is 12.7 Å². The van der Waals surface area contributed by atoms with Crippen LogP contribution in [0.3, 0.4) is 0 Å². The molecule has 1 aliphatic heterocycles. The summed E-state index contributed by atoms with van der Waals surface area (Å²) < 4.78 is 41.5. The number of aromatic carboxylic acids is 1. The smallest absolute Gasteiger partial charge is 0.337 e. The molecule has 0 aliphatic carbocycles. The molecule has 6 nitrogen and oxygen atoms in total. The molecule has 2 N–H and O–H groups in total. The summed E-state index contributed by atoms with van der Waals surface area (Å²) in [5.74, 6) is -1.86. The van der Waals surface area contributed by atoms with Gasteiger partial charge >= 0.3 is 16.2 Å². The second-order valence-electron chi connectivity index (χ2n) is 5.16. The first kappa shape index (κ1) is 15.7. The summed E-state index contributed by atoms with van der Waals surface area (Å²) in [6, 6.07) is 3.39. The number of carboxylic acids is 1. The van der Waals surface area contributed by atoms with E-state index in [1.54, 1.807) is 0 Å². The van der Waals surface area contributed by atoms with Crippen LogP contribution < -0.4 is 4.72 Å². The van der Waals surface area contributed by atoms with Gasteiger partial charge in [-0.1, -0.05) is 13.0 Å². The van der Waals surface area contributed by atoms with Crippen molar-refractivity contribution in [1.82, 2.24) is 4.31 Å². The van der Waals surface area contributed by atoms with E-state index in [0.29, 0.717) is 19.0 Å². The van der Waals surface area contributed by atoms with E-state index in [1.165, 1.54) is 10.4 Å². The fraction of sp³-hybridized carbons (Fsp3) is 0.462. The van der Waals surface area contributed by atoms with Gasteiger partial charge in [0.05, 0.1) is 11.3 Å². The Hall–Kier alpha value is -1.67. The van der Waals surface area contributed by atoms with E-state index in [9.17, 15) is 17.6 Å². The normalized spacial score (nSPS) is 17.6. The molecule has 0 bridgehead atoms. The summed E-state index contributed by atoms with van der Waals surface area (Å²) in [5, 5.41) is 9.02. The van der Waals surface area contributed by atoms with Crippen LogP contribution in [0.4, 0.5) is 10.1 Å². The van der Waals surface area contributed by atoms with Crippen LogP contribution in [-0.4, -0.2) is 36.9 Å². The molecular formula is C13H17FN2O4S. The van der Waals surface area contributed by atoms with Crippen LogP contribution in [0.1, 0.15) is 30.1 Å². The highest BCUT2D eigenvalue weighted by Gasteiger charge is 2.28. The predicted octanol–water partition coefficient (Wildman–Crippen LogP) is 1.91. The topological polar surface area (TPSA) is 86.7 Å². The molecule has 1 saturated heterocycles. The van der Waals surface area contributed by atoms with Gasteiger partial charge in [0, 0.05) is 13.1 Å². The van der Waals surface area contributed by atoms with Crippen molar-refractivity contribution in [1.29, 1.82) is 0 Å². The van der Waals surface area contributed by atoms with Crippen LogP contribution in [0.15, 0.2) is 18.2 Å². The maximum atomic E-state index is 13.8. The van der Waals surface area contributed by atoms with Crippen molar-refractivity contribution >= 4 is 21.9 Å². The summed E-state index contributed by atoms with van der Waals surface area (Å²) in [6.07, 6.45) is 1.45. The lowest BCUT2D eigenvalue weighted by atomic mass is 10.0. The third-order valence-electron chi connectivity index (χ3n) is 3.56. The molecule has 1 aliphatic rings. The highest BCUT2D eigenvalue weighted by Crippen LogP contribution is 2.24. The summed E-state index contributed by atoms with van der Waals surface area (Å²) in [6.45, 7) is 2.72. The van der Waals surface area contributed by atoms with Crippen molar-refractivity contribution in [2.24, 2.45) is 5.92 Å². The molecule has 8 heteroatoms. The number of carboxylic acid groups (broad SMARTS) is 1. The molecule has 116 valence electrons. The van der Waals surface area contributed by atoms with Gasteiger partial charge in [-0.25, -0.2) is 9.18 Å². The number of nitrogens with one attached hydrogen (secondary N) is 1. The summed E-state index contributed by atoms with van der Waals surface area (Å²) >= 11 is 0. The zero-order valence-corrected chi connectivity index (χ0v) is 12.4. The van der Waals surface area contributed by atoms with Crippen LogP contribution >= 0.6 is 0 Å². The largest absolute Gasteiger partial charge is 0.478 e. The lowest BCUT2D eigenvalue weighted by molar-refractivity contribution is 0.0697. The number of nitrogens with zero attached hydrogens (tertiary/aromatic N) is 1. The average Bonchev–Trinajstić information content (AvgIpc) is 2.41. The van der Waals surface area contributed by atoms with E-state index >= 15 is 0 Å². The molecule has 1 aromatic carbocycles. The Labute approximate surface area is 122 Å². The number of hydrogen-bond acceptors (Lipinski definition) is 3. The van der Waals surface area contributed by atoms with Crippen molar-refractivity contribution in [3.63, 3.8) is 0 Å². The number of hydrogen-bond donors (Lipinski definition) is 2. The number of benzene rings is 1. The molecule has 2 rings (SSSR count). The molecule has 1 aromatic rings. The Kier molecular flexibility index (Phi) is 4.48. The first-order valence-corrected chi connectivity index (χ1v) is 8.05. The van der Waals surface area contributed by atoms with Gasteiger partial charge in [0.2, 0.25) is 0 Å². The van der Waals surface area contributed by atoms with E-state index < -0.39 is 33.2 Å². The quantitative estimate of drug-likeness (QED) is 0.888. The minimum atomic E-state index is -3.96. The fourth-order valence-electron chi connectivity index (χ4n) is 2.22. The highest BCUT2D eigenvalue weighted by atomic mass is 32.2. The van der Waals surface area contributed by atoms with E-state index in [2.05, 4.69) is 4.72 Å². The number of halogens is 1. The lowest BCUT2D eigenvalue weighted by Crippen LogP contribution is -2.41. The number of para-hydroxylation sites is 1. The van der Waals surface area contributed by atoms with Crippen LogP contribution in [0.5, 0.6) is 0 Å². The van der Waals surface area contributed by atoms with E-state index in [1.807, 2.05) is 6.92 Å². The van der Waals surface area contributed by atoms with Crippen LogP contribution in [0, 0.1) is 11.7 Å². The molecule has 21 heavy (non-hydrogen) atoms.